The third kappa shape index (κ3) is 2.91. The molecular weight excluding hydrogens is 310 g/mol. The average molecular weight is 325 g/mol. The largest absolute Gasteiger partial charge is 0.375 e. The Morgan fingerprint density at radius 3 is 2.74 bits per heavy atom. The first kappa shape index (κ1) is 14.2. The molecule has 6 heteroatoms. The van der Waals surface area contributed by atoms with Crippen molar-refractivity contribution in [2.45, 2.75) is 13.0 Å². The van der Waals surface area contributed by atoms with E-state index in [4.69, 9.17) is 4.74 Å². The lowest BCUT2D eigenvalue weighted by molar-refractivity contribution is 0.102. The zero-order valence-electron chi connectivity index (χ0n) is 12.4. The van der Waals surface area contributed by atoms with Gasteiger partial charge in [0.25, 0.3) is 5.91 Å². The van der Waals surface area contributed by atoms with Gasteiger partial charge in [-0.05, 0) is 36.4 Å². The number of benzene rings is 1. The predicted octanol–water partition coefficient (Wildman–Crippen LogP) is 3.26. The molecule has 3 heterocycles. The maximum Gasteiger partial charge on any atom is 0.257 e. The van der Waals surface area contributed by atoms with Crippen LogP contribution in [0.4, 0.5) is 5.13 Å². The van der Waals surface area contributed by atoms with Crippen molar-refractivity contribution in [3.8, 4) is 5.69 Å². The van der Waals surface area contributed by atoms with Crippen molar-refractivity contribution in [1.29, 1.82) is 0 Å². The Morgan fingerprint density at radius 2 is 2.00 bits per heavy atom. The van der Waals surface area contributed by atoms with Crippen LogP contribution in [0.2, 0.25) is 0 Å². The fourth-order valence-electron chi connectivity index (χ4n) is 2.54. The molecule has 1 N–H and O–H groups in total. The molecule has 0 saturated carbocycles. The first-order chi connectivity index (χ1) is 11.3. The highest BCUT2D eigenvalue weighted by Crippen LogP contribution is 2.27. The summed E-state index contributed by atoms with van der Waals surface area (Å²) in [5.74, 6) is -0.143. The van der Waals surface area contributed by atoms with E-state index in [0.29, 0.717) is 23.9 Å². The van der Waals surface area contributed by atoms with E-state index in [1.54, 1.807) is 0 Å². The predicted molar refractivity (Wildman–Crippen MR) is 89.2 cm³/mol. The van der Waals surface area contributed by atoms with Gasteiger partial charge in [-0.2, -0.15) is 0 Å². The van der Waals surface area contributed by atoms with Crippen LogP contribution in [0, 0.1) is 0 Å². The molecule has 1 aliphatic heterocycles. The first-order valence-corrected chi connectivity index (χ1v) is 8.22. The second-order valence-electron chi connectivity index (χ2n) is 5.28. The molecule has 116 valence electrons. The molecular formula is C17H15N3O2S. The van der Waals surface area contributed by atoms with E-state index in [1.165, 1.54) is 11.3 Å². The molecule has 1 aliphatic rings. The summed E-state index contributed by atoms with van der Waals surface area (Å²) in [6.07, 6.45) is 4.75. The molecule has 0 unspecified atom stereocenters. The fourth-order valence-corrected chi connectivity index (χ4v) is 3.48. The number of ether oxygens (including phenoxy) is 1. The number of anilines is 1. The molecule has 0 aliphatic carbocycles. The second-order valence-corrected chi connectivity index (χ2v) is 6.37. The van der Waals surface area contributed by atoms with Gasteiger partial charge >= 0.3 is 0 Å². The molecule has 2 aromatic heterocycles. The van der Waals surface area contributed by atoms with E-state index in [0.717, 1.165) is 22.7 Å². The van der Waals surface area contributed by atoms with Crippen LogP contribution in [0.3, 0.4) is 0 Å². The van der Waals surface area contributed by atoms with Crippen molar-refractivity contribution in [2.75, 3.05) is 11.9 Å². The molecule has 0 fully saturated rings. The summed E-state index contributed by atoms with van der Waals surface area (Å²) in [5, 5.41) is 3.51. The van der Waals surface area contributed by atoms with Gasteiger partial charge in [0.1, 0.15) is 0 Å². The number of hydrogen-bond donors (Lipinski definition) is 1. The molecule has 23 heavy (non-hydrogen) atoms. The number of carbonyl (C=O) groups excluding carboxylic acids is 1. The topological polar surface area (TPSA) is 56.1 Å². The molecule has 0 saturated heterocycles. The number of carbonyl (C=O) groups is 1. The van der Waals surface area contributed by atoms with Gasteiger partial charge in [0.05, 0.1) is 23.8 Å². The van der Waals surface area contributed by atoms with E-state index in [-0.39, 0.29) is 5.91 Å². The van der Waals surface area contributed by atoms with Gasteiger partial charge in [0, 0.05) is 30.1 Å². The fraction of sp³-hybridized carbons (Fsp3) is 0.176. The van der Waals surface area contributed by atoms with Crippen molar-refractivity contribution in [3.63, 3.8) is 0 Å². The van der Waals surface area contributed by atoms with E-state index in [2.05, 4.69) is 10.3 Å². The van der Waals surface area contributed by atoms with Crippen molar-refractivity contribution in [3.05, 3.63) is 64.9 Å². The number of fused-ring (bicyclic) bond motifs is 1. The summed E-state index contributed by atoms with van der Waals surface area (Å²) in [4.78, 5) is 17.9. The summed E-state index contributed by atoms with van der Waals surface area (Å²) in [5.41, 5.74) is 2.68. The number of rotatable bonds is 3. The summed E-state index contributed by atoms with van der Waals surface area (Å²) in [6, 6.07) is 11.4. The van der Waals surface area contributed by atoms with Crippen LogP contribution in [0.1, 0.15) is 20.9 Å². The van der Waals surface area contributed by atoms with Crippen LogP contribution < -0.4 is 5.32 Å². The number of hydrogen-bond acceptors (Lipinski definition) is 4. The SMILES string of the molecule is O=C(Nc1nc2c(s1)COCC2)c1ccc(-n2cccc2)cc1. The number of nitrogens with zero attached hydrogens (tertiary/aromatic N) is 2. The van der Waals surface area contributed by atoms with E-state index in [9.17, 15) is 4.79 Å². The molecule has 5 nitrogen and oxygen atoms in total. The van der Waals surface area contributed by atoms with Crippen LogP contribution in [-0.4, -0.2) is 22.1 Å². The highest BCUT2D eigenvalue weighted by Gasteiger charge is 2.17. The van der Waals surface area contributed by atoms with Crippen LogP contribution >= 0.6 is 11.3 Å². The van der Waals surface area contributed by atoms with Gasteiger partial charge in [-0.1, -0.05) is 11.3 Å². The van der Waals surface area contributed by atoms with Gasteiger partial charge in [-0.3, -0.25) is 10.1 Å². The minimum Gasteiger partial charge on any atom is -0.375 e. The normalized spacial score (nSPS) is 13.6. The van der Waals surface area contributed by atoms with Crippen LogP contribution in [-0.2, 0) is 17.8 Å². The van der Waals surface area contributed by atoms with Crippen molar-refractivity contribution in [1.82, 2.24) is 9.55 Å². The summed E-state index contributed by atoms with van der Waals surface area (Å²) in [7, 11) is 0. The third-order valence-electron chi connectivity index (χ3n) is 3.75. The van der Waals surface area contributed by atoms with E-state index >= 15 is 0 Å². The average Bonchev–Trinajstić information content (AvgIpc) is 3.24. The maximum absolute atomic E-state index is 12.3. The molecule has 1 amide bonds. The first-order valence-electron chi connectivity index (χ1n) is 7.41. The minimum atomic E-state index is -0.143. The highest BCUT2D eigenvalue weighted by atomic mass is 32.1. The Bertz CT molecular complexity index is 799. The Morgan fingerprint density at radius 1 is 1.22 bits per heavy atom. The Labute approximate surface area is 137 Å². The lowest BCUT2D eigenvalue weighted by Gasteiger charge is -2.08. The smallest absolute Gasteiger partial charge is 0.257 e. The quantitative estimate of drug-likeness (QED) is 0.804. The molecule has 0 radical (unpaired) electrons. The molecule has 0 spiro atoms. The van der Waals surface area contributed by atoms with Crippen LogP contribution in [0.25, 0.3) is 5.69 Å². The van der Waals surface area contributed by atoms with Gasteiger partial charge in [0.15, 0.2) is 5.13 Å². The molecule has 0 atom stereocenters. The van der Waals surface area contributed by atoms with Gasteiger partial charge in [-0.15, -0.1) is 0 Å². The summed E-state index contributed by atoms with van der Waals surface area (Å²) >= 11 is 1.49. The monoisotopic (exact) mass is 325 g/mol. The van der Waals surface area contributed by atoms with Crippen molar-refractivity contribution < 1.29 is 9.53 Å². The van der Waals surface area contributed by atoms with Gasteiger partial charge in [-0.25, -0.2) is 4.98 Å². The van der Waals surface area contributed by atoms with Crippen LogP contribution in [0.5, 0.6) is 0 Å². The lowest BCUT2D eigenvalue weighted by Crippen LogP contribution is -2.12. The number of thiazole rings is 1. The zero-order chi connectivity index (χ0) is 15.6. The minimum absolute atomic E-state index is 0.143. The number of aromatic nitrogens is 2. The number of nitrogens with one attached hydrogen (secondary N) is 1. The molecule has 1 aromatic carbocycles. The molecule has 0 bridgehead atoms. The van der Waals surface area contributed by atoms with Gasteiger partial charge < -0.3 is 9.30 Å². The summed E-state index contributed by atoms with van der Waals surface area (Å²) in [6.45, 7) is 1.29. The highest BCUT2D eigenvalue weighted by molar-refractivity contribution is 7.15. The maximum atomic E-state index is 12.3. The lowest BCUT2D eigenvalue weighted by atomic mass is 10.2. The second kappa shape index (κ2) is 5.98. The van der Waals surface area contributed by atoms with E-state index < -0.39 is 0 Å². The van der Waals surface area contributed by atoms with E-state index in [1.807, 2.05) is 53.4 Å². The molecule has 3 aromatic rings. The van der Waals surface area contributed by atoms with Gasteiger partial charge in [0.2, 0.25) is 0 Å². The Kier molecular flexibility index (Phi) is 3.69. The standard InChI is InChI=1S/C17H15N3O2S/c21-16(19-17-18-14-7-10-22-11-15(14)23-17)12-3-5-13(6-4-12)20-8-1-2-9-20/h1-6,8-9H,7,10-11H2,(H,18,19,21). The zero-order valence-corrected chi connectivity index (χ0v) is 13.2. The summed E-state index contributed by atoms with van der Waals surface area (Å²) < 4.78 is 7.40. The molecule has 4 rings (SSSR count). The number of amides is 1. The van der Waals surface area contributed by atoms with Crippen LogP contribution in [0.15, 0.2) is 48.8 Å². The Hall–Kier alpha value is -2.44. The third-order valence-corrected chi connectivity index (χ3v) is 4.73. The van der Waals surface area contributed by atoms with Crippen molar-refractivity contribution in [2.24, 2.45) is 0 Å². The Balaban J connectivity index is 1.49. The van der Waals surface area contributed by atoms with Crippen molar-refractivity contribution >= 4 is 22.4 Å².